The van der Waals surface area contributed by atoms with Gasteiger partial charge in [0.05, 0.1) is 12.0 Å². The number of rotatable bonds is 6. The Labute approximate surface area is 105 Å². The normalized spacial score (nSPS) is 10.7. The molecule has 0 bridgehead atoms. The number of hydrogen-bond donors (Lipinski definition) is 1. The van der Waals surface area contributed by atoms with E-state index in [9.17, 15) is 0 Å². The molecule has 1 N–H and O–H groups in total. The van der Waals surface area contributed by atoms with Gasteiger partial charge in [-0.1, -0.05) is 13.3 Å². The van der Waals surface area contributed by atoms with E-state index in [0.29, 0.717) is 18.4 Å². The molecule has 0 saturated heterocycles. The molecule has 2 rings (SSSR count). The van der Waals surface area contributed by atoms with E-state index in [1.165, 1.54) is 0 Å². The summed E-state index contributed by atoms with van der Waals surface area (Å²) >= 11 is 1.61. The molecular weight excluding hydrogens is 234 g/mol. The van der Waals surface area contributed by atoms with Gasteiger partial charge >= 0.3 is 0 Å². The Balaban J connectivity index is 2.26. The van der Waals surface area contributed by atoms with E-state index < -0.39 is 0 Å². The van der Waals surface area contributed by atoms with Crippen LogP contribution in [0.25, 0.3) is 10.2 Å². The summed E-state index contributed by atoms with van der Waals surface area (Å²) in [6.45, 7) is 5.70. The van der Waals surface area contributed by atoms with Crippen LogP contribution >= 0.6 is 11.3 Å². The molecule has 5 heteroatoms. The lowest BCUT2D eigenvalue weighted by Gasteiger charge is -2.08. The summed E-state index contributed by atoms with van der Waals surface area (Å²) in [5.41, 5.74) is 0. The topological polar surface area (TPSA) is 47.0 Å². The zero-order valence-corrected chi connectivity index (χ0v) is 11.0. The van der Waals surface area contributed by atoms with Crippen LogP contribution in [0.4, 0.5) is 5.95 Å². The second-order valence-corrected chi connectivity index (χ2v) is 4.62. The molecule has 0 spiro atoms. The first-order valence-corrected chi connectivity index (χ1v) is 6.85. The average molecular weight is 251 g/mol. The molecule has 0 fully saturated rings. The maximum atomic E-state index is 5.72. The van der Waals surface area contributed by atoms with Crippen molar-refractivity contribution in [1.29, 1.82) is 0 Å². The summed E-state index contributed by atoms with van der Waals surface area (Å²) in [5.74, 6) is 1.34. The Kier molecular flexibility index (Phi) is 4.14. The fraction of sp³-hybridized carbons (Fsp3) is 0.500. The molecule has 92 valence electrons. The standard InChI is InChI=1S/C12H17N3OS/c1-3-5-7-16-10-9-6-8-17-11(9)15-12(14-10)13-4-2/h6,8H,3-5,7H2,1-2H3,(H,13,14,15). The van der Waals surface area contributed by atoms with Crippen LogP contribution in [0.5, 0.6) is 5.88 Å². The molecule has 2 heterocycles. The third kappa shape index (κ3) is 2.85. The van der Waals surface area contributed by atoms with Crippen LogP contribution in [0.3, 0.4) is 0 Å². The second-order valence-electron chi connectivity index (χ2n) is 3.72. The molecule has 0 atom stereocenters. The van der Waals surface area contributed by atoms with Gasteiger partial charge in [-0.3, -0.25) is 0 Å². The maximum Gasteiger partial charge on any atom is 0.227 e. The Morgan fingerprint density at radius 1 is 1.35 bits per heavy atom. The van der Waals surface area contributed by atoms with Gasteiger partial charge in [0.15, 0.2) is 0 Å². The van der Waals surface area contributed by atoms with Crippen molar-refractivity contribution in [1.82, 2.24) is 9.97 Å². The van der Waals surface area contributed by atoms with Crippen LogP contribution in [-0.4, -0.2) is 23.1 Å². The molecule has 0 saturated carbocycles. The predicted molar refractivity (Wildman–Crippen MR) is 72.0 cm³/mol. The zero-order valence-electron chi connectivity index (χ0n) is 10.2. The van der Waals surface area contributed by atoms with Crippen molar-refractivity contribution < 1.29 is 4.74 Å². The van der Waals surface area contributed by atoms with Gasteiger partial charge < -0.3 is 10.1 Å². The Morgan fingerprint density at radius 2 is 2.24 bits per heavy atom. The SMILES string of the molecule is CCCCOc1nc(NCC)nc2sccc12. The summed E-state index contributed by atoms with van der Waals surface area (Å²) in [7, 11) is 0. The number of fused-ring (bicyclic) bond motifs is 1. The predicted octanol–water partition coefficient (Wildman–Crippen LogP) is 3.30. The highest BCUT2D eigenvalue weighted by Crippen LogP contribution is 2.28. The molecule has 0 aliphatic carbocycles. The van der Waals surface area contributed by atoms with E-state index >= 15 is 0 Å². The minimum absolute atomic E-state index is 0.647. The van der Waals surface area contributed by atoms with Gasteiger partial charge in [-0.2, -0.15) is 4.98 Å². The lowest BCUT2D eigenvalue weighted by molar-refractivity contribution is 0.302. The van der Waals surface area contributed by atoms with Gasteiger partial charge in [-0.15, -0.1) is 11.3 Å². The van der Waals surface area contributed by atoms with Crippen molar-refractivity contribution in [3.8, 4) is 5.88 Å². The Hall–Kier alpha value is -1.36. The van der Waals surface area contributed by atoms with Crippen LogP contribution in [-0.2, 0) is 0 Å². The summed E-state index contributed by atoms with van der Waals surface area (Å²) < 4.78 is 5.72. The van der Waals surface area contributed by atoms with Crippen molar-refractivity contribution in [2.24, 2.45) is 0 Å². The highest BCUT2D eigenvalue weighted by atomic mass is 32.1. The monoisotopic (exact) mass is 251 g/mol. The molecule has 4 nitrogen and oxygen atoms in total. The van der Waals surface area contributed by atoms with Crippen molar-refractivity contribution in [3.63, 3.8) is 0 Å². The second kappa shape index (κ2) is 5.82. The fourth-order valence-corrected chi connectivity index (χ4v) is 2.24. The highest BCUT2D eigenvalue weighted by molar-refractivity contribution is 7.16. The van der Waals surface area contributed by atoms with Crippen LogP contribution in [0, 0.1) is 0 Å². The first-order valence-electron chi connectivity index (χ1n) is 5.97. The smallest absolute Gasteiger partial charge is 0.227 e. The lowest BCUT2D eigenvalue weighted by Crippen LogP contribution is -2.05. The average Bonchev–Trinajstić information content (AvgIpc) is 2.78. The minimum Gasteiger partial charge on any atom is -0.477 e. The third-order valence-corrected chi connectivity index (χ3v) is 3.17. The largest absolute Gasteiger partial charge is 0.477 e. The van der Waals surface area contributed by atoms with Gasteiger partial charge in [0.25, 0.3) is 0 Å². The Morgan fingerprint density at radius 3 is 3.00 bits per heavy atom. The molecule has 0 aliphatic rings. The van der Waals surface area contributed by atoms with Gasteiger partial charge in [0.2, 0.25) is 11.8 Å². The van der Waals surface area contributed by atoms with E-state index in [2.05, 4.69) is 22.2 Å². The van der Waals surface area contributed by atoms with Crippen LogP contribution in [0.2, 0.25) is 0 Å². The number of anilines is 1. The number of nitrogens with zero attached hydrogens (tertiary/aromatic N) is 2. The van der Waals surface area contributed by atoms with E-state index in [0.717, 1.165) is 29.6 Å². The number of thiophene rings is 1. The number of nitrogens with one attached hydrogen (secondary N) is 1. The van der Waals surface area contributed by atoms with Gasteiger partial charge in [-0.05, 0) is 24.8 Å². The fourth-order valence-electron chi connectivity index (χ4n) is 1.49. The number of unbranched alkanes of at least 4 members (excludes halogenated alkanes) is 1. The van der Waals surface area contributed by atoms with E-state index in [1.807, 2.05) is 18.4 Å². The molecule has 0 amide bonds. The summed E-state index contributed by atoms with van der Waals surface area (Å²) in [6.07, 6.45) is 2.17. The van der Waals surface area contributed by atoms with E-state index in [1.54, 1.807) is 11.3 Å². The highest BCUT2D eigenvalue weighted by Gasteiger charge is 2.09. The van der Waals surface area contributed by atoms with Gasteiger partial charge in [0.1, 0.15) is 4.83 Å². The van der Waals surface area contributed by atoms with Gasteiger partial charge in [-0.25, -0.2) is 4.98 Å². The van der Waals surface area contributed by atoms with Gasteiger partial charge in [0, 0.05) is 6.54 Å². The van der Waals surface area contributed by atoms with Crippen LogP contribution in [0.1, 0.15) is 26.7 Å². The number of aromatic nitrogens is 2. The van der Waals surface area contributed by atoms with Crippen molar-refractivity contribution in [3.05, 3.63) is 11.4 Å². The van der Waals surface area contributed by atoms with Crippen molar-refractivity contribution in [2.75, 3.05) is 18.5 Å². The van der Waals surface area contributed by atoms with E-state index in [-0.39, 0.29) is 0 Å². The molecule has 0 radical (unpaired) electrons. The molecule has 2 aromatic heterocycles. The van der Waals surface area contributed by atoms with Crippen molar-refractivity contribution >= 4 is 27.5 Å². The molecule has 0 aromatic carbocycles. The minimum atomic E-state index is 0.647. The molecule has 17 heavy (non-hydrogen) atoms. The first-order chi connectivity index (χ1) is 8.35. The molecule has 0 aliphatic heterocycles. The van der Waals surface area contributed by atoms with Crippen LogP contribution in [0.15, 0.2) is 11.4 Å². The quantitative estimate of drug-likeness (QED) is 0.800. The maximum absolute atomic E-state index is 5.72. The summed E-state index contributed by atoms with van der Waals surface area (Å²) in [4.78, 5) is 9.80. The Bertz CT molecular complexity index is 484. The zero-order chi connectivity index (χ0) is 12.1. The van der Waals surface area contributed by atoms with Crippen LogP contribution < -0.4 is 10.1 Å². The van der Waals surface area contributed by atoms with Crippen molar-refractivity contribution in [2.45, 2.75) is 26.7 Å². The number of ether oxygens (including phenoxy) is 1. The summed E-state index contributed by atoms with van der Waals surface area (Å²) in [6, 6.07) is 2.01. The first kappa shape index (κ1) is 12.1. The summed E-state index contributed by atoms with van der Waals surface area (Å²) in [5, 5.41) is 6.15. The van der Waals surface area contributed by atoms with E-state index in [4.69, 9.17) is 4.74 Å². The lowest BCUT2D eigenvalue weighted by atomic mass is 10.3. The third-order valence-electron chi connectivity index (χ3n) is 2.36. The molecular formula is C12H17N3OS. The number of hydrogen-bond acceptors (Lipinski definition) is 5. The molecule has 2 aromatic rings. The molecule has 0 unspecified atom stereocenters.